The van der Waals surface area contributed by atoms with Gasteiger partial charge in [0.05, 0.1) is 24.3 Å². The van der Waals surface area contributed by atoms with E-state index >= 15 is 4.39 Å². The van der Waals surface area contributed by atoms with Crippen molar-refractivity contribution in [1.29, 1.82) is 0 Å². The quantitative estimate of drug-likeness (QED) is 0.267. The van der Waals surface area contributed by atoms with Gasteiger partial charge < -0.3 is 24.8 Å². The Hall–Kier alpha value is -3.24. The van der Waals surface area contributed by atoms with Crippen LogP contribution in [0.25, 0.3) is 32.8 Å². The van der Waals surface area contributed by atoms with Crippen molar-refractivity contribution in [3.63, 3.8) is 0 Å². The molecule has 3 aromatic carbocycles. The summed E-state index contributed by atoms with van der Waals surface area (Å²) in [5.74, 6) is 0.168. The zero-order valence-electron chi connectivity index (χ0n) is 23.9. The zero-order valence-corrected chi connectivity index (χ0v) is 24.7. The Balaban J connectivity index is 1.19. The molecule has 0 spiro atoms. The van der Waals surface area contributed by atoms with Gasteiger partial charge in [0.2, 0.25) is 0 Å². The first-order valence-electron chi connectivity index (χ1n) is 15.4. The number of nitrogens with zero attached hydrogens (tertiary/aromatic N) is 4. The number of rotatable bonds is 7. The molecule has 4 atom stereocenters. The standard InChI is InChI=1S/C33H35ClFN5O3/c34-28-14-27-31(30(35)29(28)26-13-23(41)11-19-5-1-2-8-25(19)26)37-33(42-10-4-9-39-17-24-12-22(39)18-43-24)38-32(27)40-16-20-6-3-7-21(40)15-36-20/h1-2,5,8,11,13-14,20-22,24,36,41H,3-4,6-7,9-10,12,15-18H2/t20?,21?,22-,24-/m0/s1. The van der Waals surface area contributed by atoms with Crippen LogP contribution in [0.4, 0.5) is 10.2 Å². The molecule has 9 rings (SSSR count). The van der Waals surface area contributed by atoms with Gasteiger partial charge in [0.25, 0.3) is 0 Å². The summed E-state index contributed by atoms with van der Waals surface area (Å²) >= 11 is 6.90. The summed E-state index contributed by atoms with van der Waals surface area (Å²) in [7, 11) is 0. The fourth-order valence-corrected chi connectivity index (χ4v) is 7.84. The second kappa shape index (κ2) is 11.0. The van der Waals surface area contributed by atoms with Crippen molar-refractivity contribution in [1.82, 2.24) is 20.2 Å². The minimum absolute atomic E-state index is 0.0440. The molecule has 5 aliphatic rings. The van der Waals surface area contributed by atoms with Crippen molar-refractivity contribution in [2.75, 3.05) is 44.3 Å². The number of piperazine rings is 1. The Kier molecular flexibility index (Phi) is 7.01. The average Bonchev–Trinajstić information content (AvgIpc) is 3.49. The molecule has 5 saturated heterocycles. The Morgan fingerprint density at radius 2 is 2.00 bits per heavy atom. The minimum atomic E-state index is -0.544. The van der Waals surface area contributed by atoms with E-state index in [0.717, 1.165) is 75.7 Å². The Morgan fingerprint density at radius 3 is 2.86 bits per heavy atom. The predicted molar refractivity (Wildman–Crippen MR) is 166 cm³/mol. The summed E-state index contributed by atoms with van der Waals surface area (Å²) in [5, 5.41) is 16.6. The highest BCUT2D eigenvalue weighted by Gasteiger charge is 2.38. The Bertz CT molecular complexity index is 1700. The number of aromatic nitrogens is 2. The zero-order chi connectivity index (χ0) is 29.1. The smallest absolute Gasteiger partial charge is 0.319 e. The number of phenols is 1. The summed E-state index contributed by atoms with van der Waals surface area (Å²) in [5.41, 5.74) is 0.903. The molecule has 0 amide bonds. The van der Waals surface area contributed by atoms with Gasteiger partial charge >= 0.3 is 6.01 Å². The summed E-state index contributed by atoms with van der Waals surface area (Å²) in [6, 6.07) is 13.9. The lowest BCUT2D eigenvalue weighted by Gasteiger charge is -2.38. The van der Waals surface area contributed by atoms with E-state index < -0.39 is 5.82 Å². The fraction of sp³-hybridized carbons (Fsp3) is 0.455. The van der Waals surface area contributed by atoms with Crippen molar-refractivity contribution in [3.8, 4) is 22.9 Å². The van der Waals surface area contributed by atoms with Crippen molar-refractivity contribution >= 4 is 39.1 Å². The van der Waals surface area contributed by atoms with Crippen molar-refractivity contribution in [3.05, 3.63) is 53.3 Å². The molecule has 5 aliphatic heterocycles. The first kappa shape index (κ1) is 27.3. The fourth-order valence-electron chi connectivity index (χ4n) is 7.55. The first-order valence-corrected chi connectivity index (χ1v) is 15.8. The molecule has 4 bridgehead atoms. The average molecular weight is 604 g/mol. The van der Waals surface area contributed by atoms with Crippen molar-refractivity contribution in [2.45, 2.75) is 56.3 Å². The molecule has 0 aliphatic carbocycles. The number of halogens is 2. The normalized spacial score (nSPS) is 25.2. The van der Waals surface area contributed by atoms with Crippen LogP contribution in [0.1, 0.15) is 32.1 Å². The molecule has 10 heteroatoms. The number of hydrogen-bond acceptors (Lipinski definition) is 8. The maximum atomic E-state index is 16.8. The highest BCUT2D eigenvalue weighted by atomic mass is 35.5. The van der Waals surface area contributed by atoms with Gasteiger partial charge in [-0.25, -0.2) is 4.39 Å². The number of ether oxygens (including phenoxy) is 2. The number of anilines is 1. The molecule has 0 saturated carbocycles. The van der Waals surface area contributed by atoms with E-state index in [1.165, 1.54) is 0 Å². The lowest BCUT2D eigenvalue weighted by molar-refractivity contribution is 0.0287. The number of fused-ring (bicyclic) bond motifs is 8. The predicted octanol–water partition coefficient (Wildman–Crippen LogP) is 5.52. The Morgan fingerprint density at radius 1 is 1.09 bits per heavy atom. The van der Waals surface area contributed by atoms with Crippen LogP contribution >= 0.6 is 11.6 Å². The van der Waals surface area contributed by atoms with Crippen LogP contribution in [0.15, 0.2) is 42.5 Å². The number of likely N-dealkylation sites (tertiary alicyclic amines) is 1. The number of aromatic hydroxyl groups is 1. The molecule has 8 nitrogen and oxygen atoms in total. The van der Waals surface area contributed by atoms with Gasteiger partial charge in [-0.1, -0.05) is 35.9 Å². The van der Waals surface area contributed by atoms with Gasteiger partial charge in [0, 0.05) is 55.3 Å². The van der Waals surface area contributed by atoms with Gasteiger partial charge in [0.15, 0.2) is 5.82 Å². The van der Waals surface area contributed by atoms with Crippen LogP contribution in [0.2, 0.25) is 5.02 Å². The van der Waals surface area contributed by atoms with Crippen LogP contribution in [0.5, 0.6) is 11.8 Å². The third-order valence-electron chi connectivity index (χ3n) is 9.65. The minimum Gasteiger partial charge on any atom is -0.508 e. The number of benzene rings is 3. The highest BCUT2D eigenvalue weighted by molar-refractivity contribution is 6.35. The molecule has 0 radical (unpaired) electrons. The second-order valence-corrected chi connectivity index (χ2v) is 12.8. The van der Waals surface area contributed by atoms with E-state index in [2.05, 4.69) is 20.1 Å². The van der Waals surface area contributed by atoms with E-state index in [0.29, 0.717) is 41.6 Å². The molecular weight excluding hydrogens is 569 g/mol. The SMILES string of the molecule is Oc1cc(-c2c(Cl)cc3c(N4CC5CCCC4CN5)nc(OCCCN4C[C@@H]5C[C@H]4CO5)nc3c2F)c2ccccc2c1. The van der Waals surface area contributed by atoms with E-state index in [-0.39, 0.29) is 33.9 Å². The van der Waals surface area contributed by atoms with Gasteiger partial charge in [-0.15, -0.1) is 0 Å². The third kappa shape index (κ3) is 4.96. The van der Waals surface area contributed by atoms with Gasteiger partial charge in [-0.2, -0.15) is 9.97 Å². The summed E-state index contributed by atoms with van der Waals surface area (Å²) < 4.78 is 28.7. The van der Waals surface area contributed by atoms with E-state index in [1.807, 2.05) is 24.3 Å². The Labute approximate surface area is 254 Å². The number of morpholine rings is 1. The van der Waals surface area contributed by atoms with E-state index in [4.69, 9.17) is 26.1 Å². The summed E-state index contributed by atoms with van der Waals surface area (Å²) in [6.45, 7) is 4.79. The van der Waals surface area contributed by atoms with Gasteiger partial charge in [-0.05, 0) is 66.6 Å². The van der Waals surface area contributed by atoms with Crippen LogP contribution in [-0.4, -0.2) is 83.6 Å². The lowest BCUT2D eigenvalue weighted by atomic mass is 9.96. The van der Waals surface area contributed by atoms with Crippen LogP contribution in [-0.2, 0) is 4.74 Å². The third-order valence-corrected chi connectivity index (χ3v) is 9.95. The van der Waals surface area contributed by atoms with E-state index in [1.54, 1.807) is 18.2 Å². The number of phenolic OH excluding ortho intramolecular Hbond substituents is 1. The molecule has 4 aromatic rings. The topological polar surface area (TPSA) is 83.0 Å². The van der Waals surface area contributed by atoms with Gasteiger partial charge in [-0.3, -0.25) is 4.90 Å². The van der Waals surface area contributed by atoms with Crippen molar-refractivity contribution < 1.29 is 19.0 Å². The van der Waals surface area contributed by atoms with Crippen molar-refractivity contribution in [2.24, 2.45) is 0 Å². The van der Waals surface area contributed by atoms with Gasteiger partial charge in [0.1, 0.15) is 17.1 Å². The molecule has 5 fully saturated rings. The first-order chi connectivity index (χ1) is 21.0. The maximum absolute atomic E-state index is 16.8. The molecule has 6 heterocycles. The molecule has 2 N–H and O–H groups in total. The number of hydrogen-bond donors (Lipinski definition) is 2. The molecule has 224 valence electrons. The largest absolute Gasteiger partial charge is 0.508 e. The molecule has 2 unspecified atom stereocenters. The maximum Gasteiger partial charge on any atom is 0.319 e. The van der Waals surface area contributed by atoms with Crippen LogP contribution in [0.3, 0.4) is 0 Å². The molecular formula is C33H35ClFN5O3. The highest BCUT2D eigenvalue weighted by Crippen LogP contribution is 2.43. The second-order valence-electron chi connectivity index (χ2n) is 12.4. The summed E-state index contributed by atoms with van der Waals surface area (Å²) in [6.07, 6.45) is 5.58. The molecule has 1 aromatic heterocycles. The monoisotopic (exact) mass is 603 g/mol. The number of nitrogens with one attached hydrogen (secondary N) is 1. The van der Waals surface area contributed by atoms with E-state index in [9.17, 15) is 5.11 Å². The lowest BCUT2D eigenvalue weighted by Crippen LogP contribution is -2.54. The summed E-state index contributed by atoms with van der Waals surface area (Å²) in [4.78, 5) is 14.3. The van der Waals surface area contributed by atoms with Crippen LogP contribution < -0.4 is 15.0 Å². The van der Waals surface area contributed by atoms with Crippen LogP contribution in [0, 0.1) is 5.82 Å². The molecule has 43 heavy (non-hydrogen) atoms.